The van der Waals surface area contributed by atoms with Crippen molar-refractivity contribution in [1.82, 2.24) is 9.97 Å². The first-order valence-electron chi connectivity index (χ1n) is 4.27. The normalized spacial score (nSPS) is 15.2. The van der Waals surface area contributed by atoms with Crippen molar-refractivity contribution in [3.05, 3.63) is 21.1 Å². The highest BCUT2D eigenvalue weighted by Gasteiger charge is 2.27. The van der Waals surface area contributed by atoms with Crippen LogP contribution in [-0.4, -0.2) is 17.1 Å². The van der Waals surface area contributed by atoms with Gasteiger partial charge in [0.15, 0.2) is 5.82 Å². The zero-order chi connectivity index (χ0) is 10.8. The molecule has 5 heteroatoms. The van der Waals surface area contributed by atoms with Crippen LogP contribution in [0.1, 0.15) is 26.1 Å². The largest absolute Gasteiger partial charge is 0.371 e. The molecule has 3 nitrogen and oxygen atoms in total. The van der Waals surface area contributed by atoms with Gasteiger partial charge in [-0.2, -0.15) is 0 Å². The molecule has 0 radical (unpaired) electrons. The first-order chi connectivity index (χ1) is 6.51. The molecule has 14 heavy (non-hydrogen) atoms. The minimum Gasteiger partial charge on any atom is -0.371 e. The number of halogens is 2. The molecular weight excluding hydrogens is 312 g/mol. The van der Waals surface area contributed by atoms with Crippen LogP contribution >= 0.6 is 31.9 Å². The lowest BCUT2D eigenvalue weighted by Crippen LogP contribution is -2.26. The maximum absolute atomic E-state index is 5.42. The second kappa shape index (κ2) is 4.68. The Morgan fingerprint density at radius 2 is 1.86 bits per heavy atom. The van der Waals surface area contributed by atoms with E-state index in [1.165, 1.54) is 0 Å². The van der Waals surface area contributed by atoms with Crippen LogP contribution in [0, 0.1) is 0 Å². The molecule has 0 aromatic carbocycles. The highest BCUT2D eigenvalue weighted by Crippen LogP contribution is 2.27. The molecule has 0 spiro atoms. The van der Waals surface area contributed by atoms with Gasteiger partial charge in [0, 0.05) is 13.2 Å². The minimum atomic E-state index is -0.424. The molecule has 0 saturated heterocycles. The van der Waals surface area contributed by atoms with Gasteiger partial charge in [-0.3, -0.25) is 0 Å². The molecule has 0 aliphatic rings. The quantitative estimate of drug-likeness (QED) is 0.801. The van der Waals surface area contributed by atoms with E-state index in [1.54, 1.807) is 13.2 Å². The van der Waals surface area contributed by atoms with Crippen LogP contribution in [0.2, 0.25) is 0 Å². The van der Waals surface area contributed by atoms with Crippen molar-refractivity contribution < 1.29 is 4.74 Å². The predicted molar refractivity (Wildman–Crippen MR) is 62.1 cm³/mol. The van der Waals surface area contributed by atoms with E-state index < -0.39 is 5.60 Å². The Morgan fingerprint density at radius 1 is 1.36 bits per heavy atom. The molecule has 1 aromatic rings. The van der Waals surface area contributed by atoms with Crippen molar-refractivity contribution >= 4 is 31.9 Å². The molecule has 0 aliphatic carbocycles. The Kier molecular flexibility index (Phi) is 4.04. The molecule has 1 rings (SSSR count). The second-order valence-electron chi connectivity index (χ2n) is 3.13. The lowest BCUT2D eigenvalue weighted by Gasteiger charge is -2.24. The fourth-order valence-electron chi connectivity index (χ4n) is 1.02. The number of aromatic nitrogens is 2. The van der Waals surface area contributed by atoms with E-state index in [4.69, 9.17) is 4.74 Å². The average Bonchev–Trinajstić information content (AvgIpc) is 2.15. The Morgan fingerprint density at radius 3 is 2.21 bits per heavy atom. The molecule has 0 saturated carbocycles. The predicted octanol–water partition coefficient (Wildman–Crippen LogP) is 3.27. The van der Waals surface area contributed by atoms with E-state index in [0.29, 0.717) is 5.82 Å². The summed E-state index contributed by atoms with van der Waals surface area (Å²) >= 11 is 6.65. The number of methoxy groups -OCH3 is 1. The van der Waals surface area contributed by atoms with Crippen LogP contribution < -0.4 is 0 Å². The van der Waals surface area contributed by atoms with Gasteiger partial charge in [0.05, 0.1) is 0 Å². The van der Waals surface area contributed by atoms with Crippen LogP contribution in [0.15, 0.2) is 15.3 Å². The van der Waals surface area contributed by atoms with E-state index in [-0.39, 0.29) is 0 Å². The molecular formula is C9H12Br2N2O. The third-order valence-electron chi connectivity index (χ3n) is 2.26. The zero-order valence-corrected chi connectivity index (χ0v) is 11.5. The van der Waals surface area contributed by atoms with E-state index in [0.717, 1.165) is 15.6 Å². The summed E-state index contributed by atoms with van der Waals surface area (Å²) in [6.45, 7) is 4.02. The summed E-state index contributed by atoms with van der Waals surface area (Å²) in [6.07, 6.45) is 0.826. The van der Waals surface area contributed by atoms with Gasteiger partial charge in [0.1, 0.15) is 14.8 Å². The maximum atomic E-state index is 5.42. The summed E-state index contributed by atoms with van der Waals surface area (Å²) in [4.78, 5) is 8.60. The van der Waals surface area contributed by atoms with E-state index >= 15 is 0 Å². The smallest absolute Gasteiger partial charge is 0.162 e. The molecule has 0 bridgehead atoms. The number of rotatable bonds is 3. The SMILES string of the molecule is CCC(C)(OC)c1nc(Br)cc(Br)n1. The van der Waals surface area contributed by atoms with Crippen molar-refractivity contribution in [2.24, 2.45) is 0 Å². The van der Waals surface area contributed by atoms with Gasteiger partial charge in [-0.15, -0.1) is 0 Å². The Labute approximate surface area is 101 Å². The van der Waals surface area contributed by atoms with E-state index in [2.05, 4.69) is 41.8 Å². The Bertz CT molecular complexity index is 306. The lowest BCUT2D eigenvalue weighted by molar-refractivity contribution is -0.00926. The van der Waals surface area contributed by atoms with E-state index in [1.807, 2.05) is 13.8 Å². The third kappa shape index (κ3) is 2.52. The number of ether oxygens (including phenoxy) is 1. The van der Waals surface area contributed by atoms with E-state index in [9.17, 15) is 0 Å². The standard InChI is InChI=1S/C9H12Br2N2O/c1-4-9(2,14-3)8-12-6(10)5-7(11)13-8/h5H,4H2,1-3H3. The molecule has 1 atom stereocenters. The molecule has 1 unspecified atom stereocenters. The van der Waals surface area contributed by atoms with Crippen molar-refractivity contribution in [1.29, 1.82) is 0 Å². The second-order valence-corrected chi connectivity index (χ2v) is 4.75. The third-order valence-corrected chi connectivity index (χ3v) is 3.07. The van der Waals surface area contributed by atoms with Crippen molar-refractivity contribution in [2.75, 3.05) is 7.11 Å². The van der Waals surface area contributed by atoms with Gasteiger partial charge in [-0.05, 0) is 45.2 Å². The van der Waals surface area contributed by atoms with Crippen LogP contribution in [0.3, 0.4) is 0 Å². The molecule has 0 fully saturated rings. The van der Waals surface area contributed by atoms with Crippen LogP contribution in [0.5, 0.6) is 0 Å². The molecule has 0 amide bonds. The Hall–Kier alpha value is -0.0000000000000000555. The number of nitrogens with zero attached hydrogens (tertiary/aromatic N) is 2. The molecule has 1 heterocycles. The van der Waals surface area contributed by atoms with Gasteiger partial charge in [-0.1, -0.05) is 6.92 Å². The first-order valence-corrected chi connectivity index (χ1v) is 5.86. The van der Waals surface area contributed by atoms with Gasteiger partial charge in [0.25, 0.3) is 0 Å². The summed E-state index contributed by atoms with van der Waals surface area (Å²) in [5.74, 6) is 0.684. The molecule has 1 aromatic heterocycles. The van der Waals surface area contributed by atoms with Gasteiger partial charge in [-0.25, -0.2) is 9.97 Å². The van der Waals surface area contributed by atoms with Crippen molar-refractivity contribution in [3.8, 4) is 0 Å². The monoisotopic (exact) mass is 322 g/mol. The topological polar surface area (TPSA) is 35.0 Å². The number of hydrogen-bond acceptors (Lipinski definition) is 3. The lowest BCUT2D eigenvalue weighted by atomic mass is 10.0. The van der Waals surface area contributed by atoms with Crippen molar-refractivity contribution in [3.63, 3.8) is 0 Å². The summed E-state index contributed by atoms with van der Waals surface area (Å²) < 4.78 is 6.93. The maximum Gasteiger partial charge on any atom is 0.162 e. The highest BCUT2D eigenvalue weighted by atomic mass is 79.9. The van der Waals surface area contributed by atoms with Crippen LogP contribution in [0.4, 0.5) is 0 Å². The molecule has 78 valence electrons. The summed E-state index contributed by atoms with van der Waals surface area (Å²) in [5.41, 5.74) is -0.424. The average molecular weight is 324 g/mol. The summed E-state index contributed by atoms with van der Waals surface area (Å²) in [7, 11) is 1.67. The van der Waals surface area contributed by atoms with Gasteiger partial charge in [0.2, 0.25) is 0 Å². The van der Waals surface area contributed by atoms with Gasteiger partial charge < -0.3 is 4.74 Å². The highest BCUT2D eigenvalue weighted by molar-refractivity contribution is 9.11. The molecule has 0 N–H and O–H groups in total. The first kappa shape index (κ1) is 12.1. The summed E-state index contributed by atoms with van der Waals surface area (Å²) in [6, 6.07) is 1.80. The fraction of sp³-hybridized carbons (Fsp3) is 0.556. The Balaban J connectivity index is 3.17. The van der Waals surface area contributed by atoms with Crippen LogP contribution in [0.25, 0.3) is 0 Å². The number of hydrogen-bond donors (Lipinski definition) is 0. The van der Waals surface area contributed by atoms with Gasteiger partial charge >= 0.3 is 0 Å². The van der Waals surface area contributed by atoms with Crippen LogP contribution in [-0.2, 0) is 10.3 Å². The minimum absolute atomic E-state index is 0.424. The fourth-order valence-corrected chi connectivity index (χ4v) is 2.10. The zero-order valence-electron chi connectivity index (χ0n) is 8.34. The summed E-state index contributed by atoms with van der Waals surface area (Å²) in [5, 5.41) is 0. The molecule has 0 aliphatic heterocycles. The van der Waals surface area contributed by atoms with Crippen molar-refractivity contribution in [2.45, 2.75) is 25.9 Å².